The van der Waals surface area contributed by atoms with Gasteiger partial charge in [0.2, 0.25) is 6.39 Å². The van der Waals surface area contributed by atoms with Crippen LogP contribution in [0.3, 0.4) is 0 Å². The van der Waals surface area contributed by atoms with Crippen LogP contribution in [0.4, 0.5) is 0 Å². The number of hydrogen-bond acceptors (Lipinski definition) is 5. The quantitative estimate of drug-likeness (QED) is 0.612. The minimum atomic E-state index is 0.584. The monoisotopic (exact) mass is 145 g/mol. The van der Waals surface area contributed by atoms with E-state index in [1.807, 2.05) is 0 Å². The van der Waals surface area contributed by atoms with Gasteiger partial charge in [-0.25, -0.2) is 0 Å². The summed E-state index contributed by atoms with van der Waals surface area (Å²) in [5.74, 6) is 0.822. The lowest BCUT2D eigenvalue weighted by Gasteiger charge is -1.87. The van der Waals surface area contributed by atoms with Gasteiger partial charge in [0.25, 0.3) is 5.22 Å². The third-order valence-corrected chi connectivity index (χ3v) is 1.55. The molecule has 5 heteroatoms. The maximum Gasteiger partial charge on any atom is 0.276 e. The minimum Gasteiger partial charge on any atom is -0.419 e. The lowest BCUT2D eigenvalue weighted by atomic mass is 10.8. The summed E-state index contributed by atoms with van der Waals surface area (Å²) in [6.07, 6.45) is 1.30. The molecular weight excluding hydrogens is 138 g/mol. The summed E-state index contributed by atoms with van der Waals surface area (Å²) in [4.78, 5) is 0. The van der Waals surface area contributed by atoms with Gasteiger partial charge >= 0.3 is 0 Å². The molecule has 0 atom stereocenters. The molecule has 0 aliphatic heterocycles. The van der Waals surface area contributed by atoms with Gasteiger partial charge in [-0.15, -0.1) is 10.2 Å². The highest BCUT2D eigenvalue weighted by Gasteiger charge is 1.95. The van der Waals surface area contributed by atoms with E-state index in [0.29, 0.717) is 11.8 Å². The second kappa shape index (κ2) is 3.47. The average Bonchev–Trinajstić information content (AvgIpc) is 2.34. The van der Waals surface area contributed by atoms with E-state index in [2.05, 4.69) is 10.2 Å². The van der Waals surface area contributed by atoms with Gasteiger partial charge in [0.15, 0.2) is 0 Å². The lowest BCUT2D eigenvalue weighted by Crippen LogP contribution is -2.00. The molecule has 0 aliphatic carbocycles. The molecule has 1 aromatic rings. The second-order valence-corrected chi connectivity index (χ2v) is 2.39. The lowest BCUT2D eigenvalue weighted by molar-refractivity contribution is 0.453. The normalized spacial score (nSPS) is 9.89. The Balaban J connectivity index is 2.30. The minimum absolute atomic E-state index is 0.584. The first-order valence-electron chi connectivity index (χ1n) is 2.52. The molecule has 0 aliphatic rings. The van der Waals surface area contributed by atoms with Crippen LogP contribution in [-0.2, 0) is 0 Å². The SMILES string of the molecule is NCCSc1nnco1. The molecule has 0 saturated carbocycles. The van der Waals surface area contributed by atoms with Crippen molar-refractivity contribution in [1.29, 1.82) is 0 Å². The predicted molar refractivity (Wildman–Crippen MR) is 34.1 cm³/mol. The van der Waals surface area contributed by atoms with E-state index in [1.54, 1.807) is 0 Å². The average molecular weight is 145 g/mol. The molecule has 0 bridgehead atoms. The highest BCUT2D eigenvalue weighted by atomic mass is 32.2. The highest BCUT2D eigenvalue weighted by Crippen LogP contribution is 2.11. The smallest absolute Gasteiger partial charge is 0.276 e. The van der Waals surface area contributed by atoms with E-state index >= 15 is 0 Å². The summed E-state index contributed by atoms with van der Waals surface area (Å²) in [6.45, 7) is 0.632. The molecule has 1 heterocycles. The number of hydrogen-bond donors (Lipinski definition) is 1. The Labute approximate surface area is 56.8 Å². The van der Waals surface area contributed by atoms with E-state index in [4.69, 9.17) is 10.2 Å². The van der Waals surface area contributed by atoms with Gasteiger partial charge in [-0.2, -0.15) is 0 Å². The summed E-state index contributed by atoms with van der Waals surface area (Å²) in [5.41, 5.74) is 5.23. The molecule has 2 N–H and O–H groups in total. The van der Waals surface area contributed by atoms with Gasteiger partial charge in [-0.05, 0) is 0 Å². The fraction of sp³-hybridized carbons (Fsp3) is 0.500. The molecule has 50 valence electrons. The molecule has 0 aromatic carbocycles. The van der Waals surface area contributed by atoms with E-state index in [9.17, 15) is 0 Å². The first-order valence-corrected chi connectivity index (χ1v) is 3.51. The van der Waals surface area contributed by atoms with Gasteiger partial charge < -0.3 is 10.2 Å². The van der Waals surface area contributed by atoms with Crippen molar-refractivity contribution in [2.75, 3.05) is 12.3 Å². The summed E-state index contributed by atoms with van der Waals surface area (Å²) >= 11 is 1.46. The Morgan fingerprint density at radius 2 is 2.67 bits per heavy atom. The molecule has 0 radical (unpaired) electrons. The van der Waals surface area contributed by atoms with Gasteiger partial charge in [0, 0.05) is 12.3 Å². The van der Waals surface area contributed by atoms with Crippen LogP contribution in [-0.4, -0.2) is 22.5 Å². The van der Waals surface area contributed by atoms with Gasteiger partial charge in [0.05, 0.1) is 0 Å². The third-order valence-electron chi connectivity index (χ3n) is 0.683. The van der Waals surface area contributed by atoms with E-state index in [0.717, 1.165) is 5.75 Å². The molecular formula is C4H7N3OS. The number of aromatic nitrogens is 2. The van der Waals surface area contributed by atoms with Crippen molar-refractivity contribution < 1.29 is 4.42 Å². The molecule has 4 nitrogen and oxygen atoms in total. The van der Waals surface area contributed by atoms with Crippen LogP contribution in [0.25, 0.3) is 0 Å². The summed E-state index contributed by atoms with van der Waals surface area (Å²) in [5, 5.41) is 7.73. The zero-order valence-electron chi connectivity index (χ0n) is 4.78. The van der Waals surface area contributed by atoms with Gasteiger partial charge in [-0.1, -0.05) is 11.8 Å². The van der Waals surface area contributed by atoms with Crippen molar-refractivity contribution in [1.82, 2.24) is 10.2 Å². The van der Waals surface area contributed by atoms with Crippen molar-refractivity contribution in [3.63, 3.8) is 0 Å². The van der Waals surface area contributed by atoms with Crippen molar-refractivity contribution in [3.05, 3.63) is 6.39 Å². The van der Waals surface area contributed by atoms with Crippen molar-refractivity contribution in [2.24, 2.45) is 5.73 Å². The fourth-order valence-corrected chi connectivity index (χ4v) is 0.880. The topological polar surface area (TPSA) is 64.9 Å². The van der Waals surface area contributed by atoms with Crippen LogP contribution in [0, 0.1) is 0 Å². The Hall–Kier alpha value is -0.550. The molecule has 0 saturated heterocycles. The second-order valence-electron chi connectivity index (χ2n) is 1.34. The largest absolute Gasteiger partial charge is 0.419 e. The molecule has 1 rings (SSSR count). The Bertz CT molecular complexity index is 153. The number of thioether (sulfide) groups is 1. The summed E-state index contributed by atoms with van der Waals surface area (Å²) < 4.78 is 4.82. The highest BCUT2D eigenvalue weighted by molar-refractivity contribution is 7.99. The zero-order chi connectivity index (χ0) is 6.53. The van der Waals surface area contributed by atoms with E-state index in [-0.39, 0.29) is 0 Å². The fourth-order valence-electron chi connectivity index (χ4n) is 0.372. The molecule has 0 amide bonds. The molecule has 0 unspecified atom stereocenters. The molecule has 9 heavy (non-hydrogen) atoms. The van der Waals surface area contributed by atoms with Gasteiger partial charge in [-0.3, -0.25) is 0 Å². The van der Waals surface area contributed by atoms with Gasteiger partial charge in [0.1, 0.15) is 0 Å². The predicted octanol–water partition coefficient (Wildman–Crippen LogP) is 0.120. The molecule has 0 spiro atoms. The van der Waals surface area contributed by atoms with E-state index in [1.165, 1.54) is 18.2 Å². The zero-order valence-corrected chi connectivity index (χ0v) is 5.60. The van der Waals surface area contributed by atoms with Crippen LogP contribution in [0.2, 0.25) is 0 Å². The number of nitrogens with two attached hydrogens (primary N) is 1. The summed E-state index contributed by atoms with van der Waals surface area (Å²) in [6, 6.07) is 0. The van der Waals surface area contributed by atoms with Crippen molar-refractivity contribution in [2.45, 2.75) is 5.22 Å². The number of nitrogens with zero attached hydrogens (tertiary/aromatic N) is 2. The molecule has 0 fully saturated rings. The Kier molecular flexibility index (Phi) is 2.53. The first kappa shape index (κ1) is 6.57. The van der Waals surface area contributed by atoms with E-state index < -0.39 is 0 Å². The van der Waals surface area contributed by atoms with Crippen LogP contribution in [0.5, 0.6) is 0 Å². The standard InChI is InChI=1S/C4H7N3OS/c5-1-2-9-4-7-6-3-8-4/h3H,1-2,5H2. The maximum atomic E-state index is 5.23. The van der Waals surface area contributed by atoms with Crippen LogP contribution >= 0.6 is 11.8 Å². The van der Waals surface area contributed by atoms with Crippen LogP contribution < -0.4 is 5.73 Å². The Morgan fingerprint density at radius 1 is 1.78 bits per heavy atom. The summed E-state index contributed by atoms with van der Waals surface area (Å²) in [7, 11) is 0. The number of rotatable bonds is 3. The van der Waals surface area contributed by atoms with Crippen LogP contribution in [0.1, 0.15) is 0 Å². The van der Waals surface area contributed by atoms with Crippen LogP contribution in [0.15, 0.2) is 16.0 Å². The Morgan fingerprint density at radius 3 is 3.22 bits per heavy atom. The molecule has 1 aromatic heterocycles. The third kappa shape index (κ3) is 2.03. The maximum absolute atomic E-state index is 5.23. The van der Waals surface area contributed by atoms with Crippen molar-refractivity contribution in [3.8, 4) is 0 Å². The first-order chi connectivity index (χ1) is 4.43. The van der Waals surface area contributed by atoms with Crippen molar-refractivity contribution >= 4 is 11.8 Å².